The molecule has 0 spiro atoms. The molecule has 8 nitrogen and oxygen atoms in total. The van der Waals surface area contributed by atoms with E-state index in [0.29, 0.717) is 36.2 Å². The van der Waals surface area contributed by atoms with Gasteiger partial charge in [-0.05, 0) is 37.4 Å². The van der Waals surface area contributed by atoms with Gasteiger partial charge in [0.1, 0.15) is 5.82 Å². The van der Waals surface area contributed by atoms with Crippen LogP contribution in [-0.2, 0) is 11.3 Å². The van der Waals surface area contributed by atoms with E-state index in [-0.39, 0.29) is 30.2 Å². The number of halogens is 1. The van der Waals surface area contributed by atoms with Gasteiger partial charge in [-0.25, -0.2) is 4.68 Å². The maximum absolute atomic E-state index is 12.7. The lowest BCUT2D eigenvalue weighted by Crippen LogP contribution is -2.30. The summed E-state index contributed by atoms with van der Waals surface area (Å²) in [5, 5.41) is 7.37. The fourth-order valence-electron chi connectivity index (χ4n) is 3.90. The molecule has 3 N–H and O–H groups in total. The normalized spacial score (nSPS) is 18.1. The average molecular weight is 425 g/mol. The van der Waals surface area contributed by atoms with Crippen LogP contribution in [0.2, 0.25) is 0 Å². The van der Waals surface area contributed by atoms with Crippen LogP contribution in [0.4, 0.5) is 5.82 Å². The second-order valence-corrected chi connectivity index (χ2v) is 6.89. The van der Waals surface area contributed by atoms with Gasteiger partial charge in [-0.15, -0.1) is 12.4 Å². The molecule has 9 heteroatoms. The summed E-state index contributed by atoms with van der Waals surface area (Å²) in [5.41, 5.74) is 6.68. The number of hydrogen-bond acceptors (Lipinski definition) is 6. The van der Waals surface area contributed by atoms with Crippen LogP contribution < -0.4 is 25.3 Å². The first-order valence-electron chi connectivity index (χ1n) is 9.43. The Morgan fingerprint density at radius 2 is 1.93 bits per heavy atom. The van der Waals surface area contributed by atoms with Crippen molar-refractivity contribution in [1.29, 1.82) is 0 Å². The monoisotopic (exact) mass is 424 g/mol. The van der Waals surface area contributed by atoms with Crippen LogP contribution in [0, 0.1) is 11.8 Å². The molecule has 1 aromatic heterocycles. The van der Waals surface area contributed by atoms with Crippen LogP contribution in [0.1, 0.15) is 24.8 Å². The van der Waals surface area contributed by atoms with Gasteiger partial charge < -0.3 is 25.3 Å². The first-order chi connectivity index (χ1) is 13.6. The molecule has 1 aliphatic rings. The van der Waals surface area contributed by atoms with Crippen LogP contribution in [-0.4, -0.2) is 43.6 Å². The number of methoxy groups -OCH3 is 3. The first kappa shape index (κ1) is 22.8. The molecule has 0 radical (unpaired) electrons. The van der Waals surface area contributed by atoms with E-state index in [4.69, 9.17) is 19.9 Å². The zero-order chi connectivity index (χ0) is 20.1. The summed E-state index contributed by atoms with van der Waals surface area (Å²) in [5.74, 6) is 2.56. The minimum absolute atomic E-state index is 0. The number of nitrogens with zero attached hydrogens (tertiary/aromatic N) is 2. The van der Waals surface area contributed by atoms with Crippen molar-refractivity contribution in [2.45, 2.75) is 25.8 Å². The molecule has 29 heavy (non-hydrogen) atoms. The Morgan fingerprint density at radius 1 is 1.17 bits per heavy atom. The molecule has 2 atom stereocenters. The Bertz CT molecular complexity index is 827. The topological polar surface area (TPSA) is 101 Å². The number of hydrogen-bond donors (Lipinski definition) is 2. The average Bonchev–Trinajstić information content (AvgIpc) is 3.36. The Hall–Kier alpha value is -2.45. The van der Waals surface area contributed by atoms with E-state index >= 15 is 0 Å². The largest absolute Gasteiger partial charge is 0.493 e. The third-order valence-corrected chi connectivity index (χ3v) is 5.37. The number of ether oxygens (including phenoxy) is 3. The zero-order valence-corrected chi connectivity index (χ0v) is 17.8. The van der Waals surface area contributed by atoms with E-state index < -0.39 is 0 Å². The Labute approximate surface area is 177 Å². The maximum atomic E-state index is 12.7. The third-order valence-electron chi connectivity index (χ3n) is 5.37. The van der Waals surface area contributed by atoms with Crippen molar-refractivity contribution < 1.29 is 19.0 Å². The summed E-state index contributed by atoms with van der Waals surface area (Å²) in [6, 6.07) is 5.51. The molecule has 1 fully saturated rings. The van der Waals surface area contributed by atoms with Gasteiger partial charge in [0, 0.05) is 17.5 Å². The predicted octanol–water partition coefficient (Wildman–Crippen LogP) is 2.69. The van der Waals surface area contributed by atoms with E-state index in [0.717, 1.165) is 24.8 Å². The Balaban J connectivity index is 0.00000300. The van der Waals surface area contributed by atoms with Gasteiger partial charge in [-0.1, -0.05) is 6.42 Å². The van der Waals surface area contributed by atoms with Crippen molar-refractivity contribution >= 4 is 24.1 Å². The summed E-state index contributed by atoms with van der Waals surface area (Å²) in [6.07, 6.45) is 4.60. The number of amides is 1. The molecule has 1 heterocycles. The number of nitrogens with one attached hydrogen (secondary N) is 1. The highest BCUT2D eigenvalue weighted by atomic mass is 35.5. The van der Waals surface area contributed by atoms with Crippen LogP contribution in [0.5, 0.6) is 17.2 Å². The fraction of sp³-hybridized carbons (Fsp3) is 0.500. The summed E-state index contributed by atoms with van der Waals surface area (Å²) in [7, 11) is 4.73. The SMILES string of the molecule is COc1ccc(Cn2nccc2NC(=O)[C@@H]2CCC[C@@H]2CN)c(OC)c1OC.Cl. The molecule has 1 saturated carbocycles. The molecule has 0 aliphatic heterocycles. The molecule has 3 rings (SSSR count). The summed E-state index contributed by atoms with van der Waals surface area (Å²) >= 11 is 0. The summed E-state index contributed by atoms with van der Waals surface area (Å²) < 4.78 is 18.0. The number of carbonyl (C=O) groups excluding carboxylic acids is 1. The number of anilines is 1. The van der Waals surface area contributed by atoms with Crippen molar-refractivity contribution in [1.82, 2.24) is 9.78 Å². The highest BCUT2D eigenvalue weighted by molar-refractivity contribution is 5.92. The van der Waals surface area contributed by atoms with Gasteiger partial charge in [0.2, 0.25) is 11.7 Å². The summed E-state index contributed by atoms with van der Waals surface area (Å²) in [4.78, 5) is 12.7. The van der Waals surface area contributed by atoms with E-state index in [2.05, 4.69) is 10.4 Å². The summed E-state index contributed by atoms with van der Waals surface area (Å²) in [6.45, 7) is 0.956. The molecule has 0 bridgehead atoms. The minimum atomic E-state index is -0.0380. The maximum Gasteiger partial charge on any atom is 0.228 e. The fourth-order valence-corrected chi connectivity index (χ4v) is 3.90. The van der Waals surface area contributed by atoms with Gasteiger partial charge in [0.25, 0.3) is 0 Å². The minimum Gasteiger partial charge on any atom is -0.493 e. The van der Waals surface area contributed by atoms with Crippen LogP contribution in [0.25, 0.3) is 0 Å². The van der Waals surface area contributed by atoms with Crippen molar-refractivity contribution in [2.24, 2.45) is 17.6 Å². The standard InChI is InChI=1S/C20H28N4O4.ClH/c1-26-16-8-7-14(18(27-2)19(16)28-3)12-24-17(9-10-22-24)23-20(25)15-6-4-5-13(15)11-21;/h7-10,13,15H,4-6,11-12,21H2,1-3H3,(H,23,25);1H/t13-,15-;/m1./s1. The third kappa shape index (κ3) is 4.76. The van der Waals surface area contributed by atoms with Gasteiger partial charge in [-0.3, -0.25) is 4.79 Å². The predicted molar refractivity (Wildman–Crippen MR) is 113 cm³/mol. The second kappa shape index (κ2) is 10.4. The lowest BCUT2D eigenvalue weighted by molar-refractivity contribution is -0.120. The quantitative estimate of drug-likeness (QED) is 0.675. The molecule has 1 aliphatic carbocycles. The molecule has 160 valence electrons. The molecule has 0 unspecified atom stereocenters. The van der Waals surface area contributed by atoms with E-state index in [9.17, 15) is 4.79 Å². The molecule has 0 saturated heterocycles. The van der Waals surface area contributed by atoms with Gasteiger partial charge in [0.15, 0.2) is 11.5 Å². The molecular formula is C20H29ClN4O4. The number of nitrogens with two attached hydrogens (primary N) is 1. The number of aromatic nitrogens is 2. The number of carbonyl (C=O) groups is 1. The molecule has 1 aromatic carbocycles. The van der Waals surface area contributed by atoms with Crippen molar-refractivity contribution in [3.63, 3.8) is 0 Å². The van der Waals surface area contributed by atoms with Crippen molar-refractivity contribution in [3.05, 3.63) is 30.0 Å². The first-order valence-corrected chi connectivity index (χ1v) is 9.43. The Morgan fingerprint density at radius 3 is 2.59 bits per heavy atom. The van der Waals surface area contributed by atoms with E-state index in [1.807, 2.05) is 12.1 Å². The molecule has 2 aromatic rings. The lowest BCUT2D eigenvalue weighted by atomic mass is 9.95. The second-order valence-electron chi connectivity index (χ2n) is 6.89. The van der Waals surface area contributed by atoms with Gasteiger partial charge in [-0.2, -0.15) is 5.10 Å². The van der Waals surface area contributed by atoms with Crippen LogP contribution in [0.15, 0.2) is 24.4 Å². The van der Waals surface area contributed by atoms with E-state index in [1.54, 1.807) is 38.3 Å². The highest BCUT2D eigenvalue weighted by Gasteiger charge is 2.32. The Kier molecular flexibility index (Phi) is 8.16. The van der Waals surface area contributed by atoms with Crippen molar-refractivity contribution in [2.75, 3.05) is 33.2 Å². The van der Waals surface area contributed by atoms with Gasteiger partial charge in [0.05, 0.1) is 34.1 Å². The highest BCUT2D eigenvalue weighted by Crippen LogP contribution is 2.40. The van der Waals surface area contributed by atoms with Crippen molar-refractivity contribution in [3.8, 4) is 17.2 Å². The smallest absolute Gasteiger partial charge is 0.228 e. The number of benzene rings is 1. The zero-order valence-electron chi connectivity index (χ0n) is 17.0. The van der Waals surface area contributed by atoms with Gasteiger partial charge >= 0.3 is 0 Å². The van der Waals surface area contributed by atoms with Crippen LogP contribution in [0.3, 0.4) is 0 Å². The number of rotatable bonds is 8. The van der Waals surface area contributed by atoms with Crippen LogP contribution >= 0.6 is 12.4 Å². The molecule has 1 amide bonds. The molecular weight excluding hydrogens is 396 g/mol. The lowest BCUT2D eigenvalue weighted by Gasteiger charge is -2.19. The van der Waals surface area contributed by atoms with E-state index in [1.165, 1.54) is 0 Å².